The number of oxazole rings is 1. The van der Waals surface area contributed by atoms with Gasteiger partial charge in [0.2, 0.25) is 5.91 Å². The highest BCUT2D eigenvalue weighted by molar-refractivity contribution is 7.99. The number of hydrogen-bond acceptors (Lipinski definition) is 6. The van der Waals surface area contributed by atoms with Crippen LogP contribution in [0.1, 0.15) is 31.9 Å². The highest BCUT2D eigenvalue weighted by atomic mass is 32.2. The lowest BCUT2D eigenvalue weighted by Gasteiger charge is -2.23. The van der Waals surface area contributed by atoms with Crippen LogP contribution in [0, 0.1) is 5.92 Å². The molecule has 1 aliphatic rings. The Kier molecular flexibility index (Phi) is 5.94. The monoisotopic (exact) mass is 412 g/mol. The third-order valence-corrected chi connectivity index (χ3v) is 5.54. The Morgan fingerprint density at radius 1 is 1.14 bits per heavy atom. The van der Waals surface area contributed by atoms with Crippen molar-refractivity contribution in [3.8, 4) is 11.5 Å². The number of para-hydroxylation sites is 2. The average molecular weight is 413 g/mol. The molecule has 1 amide bonds. The highest BCUT2D eigenvalue weighted by Gasteiger charge is 2.21. The number of rotatable bonds is 6. The first-order valence-corrected chi connectivity index (χ1v) is 10.8. The molecule has 4 rings (SSSR count). The molecule has 2 heterocycles. The van der Waals surface area contributed by atoms with E-state index in [1.54, 1.807) is 0 Å². The smallest absolute Gasteiger partial charge is 0.257 e. The molecule has 2 aromatic carbocycles. The number of thioether (sulfide) groups is 1. The van der Waals surface area contributed by atoms with Gasteiger partial charge in [-0.3, -0.25) is 4.79 Å². The number of carbonyl (C=O) groups excluding carboxylic acids is 1. The van der Waals surface area contributed by atoms with Crippen LogP contribution in [0.2, 0.25) is 0 Å². The van der Waals surface area contributed by atoms with Gasteiger partial charge in [-0.1, -0.05) is 43.8 Å². The molecule has 0 bridgehead atoms. The second-order valence-corrected chi connectivity index (χ2v) is 8.21. The zero-order valence-electron chi connectivity index (χ0n) is 16.5. The zero-order valence-corrected chi connectivity index (χ0v) is 17.3. The summed E-state index contributed by atoms with van der Waals surface area (Å²) in [4.78, 5) is 17.0. The van der Waals surface area contributed by atoms with E-state index in [1.807, 2.05) is 42.5 Å². The summed E-state index contributed by atoms with van der Waals surface area (Å²) in [5.41, 5.74) is 2.52. The lowest BCUT2D eigenvalue weighted by molar-refractivity contribution is -0.119. The Balaban J connectivity index is 1.42. The van der Waals surface area contributed by atoms with Gasteiger partial charge in [0.1, 0.15) is 5.52 Å². The molecule has 0 radical (unpaired) electrons. The fourth-order valence-corrected chi connectivity index (χ4v) is 3.91. The molecule has 1 unspecified atom stereocenters. The Morgan fingerprint density at radius 3 is 2.72 bits per heavy atom. The molecule has 1 atom stereocenters. The van der Waals surface area contributed by atoms with Crippen LogP contribution in [0.25, 0.3) is 11.1 Å². The standard InChI is InChI=1S/C22H24N2O4S/c1-14(2)21(15-8-9-18-19(12-15)27-11-5-10-26-18)24-20(25)13-29-22-23-16-6-3-4-7-17(16)28-22/h3-4,6-9,12,14,21H,5,10-11,13H2,1-2H3,(H,24,25). The van der Waals surface area contributed by atoms with E-state index >= 15 is 0 Å². The summed E-state index contributed by atoms with van der Waals surface area (Å²) in [7, 11) is 0. The molecule has 0 spiro atoms. The summed E-state index contributed by atoms with van der Waals surface area (Å²) in [6, 6.07) is 13.3. The van der Waals surface area contributed by atoms with Gasteiger partial charge in [0.05, 0.1) is 25.0 Å². The maximum atomic E-state index is 12.6. The zero-order chi connectivity index (χ0) is 20.2. The van der Waals surface area contributed by atoms with E-state index in [-0.39, 0.29) is 23.6 Å². The van der Waals surface area contributed by atoms with Crippen molar-refractivity contribution in [3.05, 3.63) is 48.0 Å². The average Bonchev–Trinajstić information content (AvgIpc) is 2.99. The fourth-order valence-electron chi connectivity index (χ4n) is 3.26. The Hall–Kier alpha value is -2.67. The topological polar surface area (TPSA) is 73.6 Å². The van der Waals surface area contributed by atoms with Gasteiger partial charge in [-0.05, 0) is 35.7 Å². The van der Waals surface area contributed by atoms with E-state index in [9.17, 15) is 4.79 Å². The number of carbonyl (C=O) groups is 1. The van der Waals surface area contributed by atoms with Gasteiger partial charge in [-0.15, -0.1) is 0 Å². The molecule has 0 fully saturated rings. The first-order valence-electron chi connectivity index (χ1n) is 9.77. The van der Waals surface area contributed by atoms with Crippen molar-refractivity contribution in [1.82, 2.24) is 10.3 Å². The van der Waals surface area contributed by atoms with E-state index in [1.165, 1.54) is 11.8 Å². The molecule has 152 valence electrons. The number of nitrogens with one attached hydrogen (secondary N) is 1. The van der Waals surface area contributed by atoms with Crippen LogP contribution in [-0.2, 0) is 4.79 Å². The summed E-state index contributed by atoms with van der Waals surface area (Å²) in [6.07, 6.45) is 0.863. The van der Waals surface area contributed by atoms with Crippen molar-refractivity contribution in [1.29, 1.82) is 0 Å². The summed E-state index contributed by atoms with van der Waals surface area (Å²) >= 11 is 1.29. The third-order valence-electron chi connectivity index (χ3n) is 4.71. The van der Waals surface area contributed by atoms with Gasteiger partial charge in [0, 0.05) is 6.42 Å². The second kappa shape index (κ2) is 8.78. The first kappa shape index (κ1) is 19.6. The van der Waals surface area contributed by atoms with E-state index in [2.05, 4.69) is 24.1 Å². The lowest BCUT2D eigenvalue weighted by Crippen LogP contribution is -2.33. The number of benzene rings is 2. The van der Waals surface area contributed by atoms with E-state index in [4.69, 9.17) is 13.9 Å². The molecule has 7 heteroatoms. The second-order valence-electron chi connectivity index (χ2n) is 7.28. The maximum Gasteiger partial charge on any atom is 0.257 e. The van der Waals surface area contributed by atoms with Crippen LogP contribution < -0.4 is 14.8 Å². The van der Waals surface area contributed by atoms with Crippen LogP contribution in [0.3, 0.4) is 0 Å². The van der Waals surface area contributed by atoms with E-state index in [0.29, 0.717) is 18.4 Å². The predicted molar refractivity (Wildman–Crippen MR) is 113 cm³/mol. The minimum atomic E-state index is -0.121. The number of ether oxygens (including phenoxy) is 2. The Bertz CT molecular complexity index is 968. The quantitative estimate of drug-likeness (QED) is 0.597. The normalized spacial score (nSPS) is 14.6. The summed E-state index contributed by atoms with van der Waals surface area (Å²) < 4.78 is 17.2. The van der Waals surface area contributed by atoms with Crippen LogP contribution in [-0.4, -0.2) is 29.9 Å². The minimum absolute atomic E-state index is 0.0666. The van der Waals surface area contributed by atoms with E-state index < -0.39 is 0 Å². The van der Waals surface area contributed by atoms with Gasteiger partial charge >= 0.3 is 0 Å². The summed E-state index contributed by atoms with van der Waals surface area (Å²) in [5.74, 6) is 1.88. The number of hydrogen-bond donors (Lipinski definition) is 1. The van der Waals surface area contributed by atoms with Crippen molar-refractivity contribution in [2.24, 2.45) is 5.92 Å². The molecular formula is C22H24N2O4S. The largest absolute Gasteiger partial charge is 0.490 e. The Labute approximate surface area is 174 Å². The first-order chi connectivity index (χ1) is 14.1. The van der Waals surface area contributed by atoms with Gasteiger partial charge < -0.3 is 19.2 Å². The summed E-state index contributed by atoms with van der Waals surface area (Å²) in [6.45, 7) is 5.46. The minimum Gasteiger partial charge on any atom is -0.490 e. The molecule has 0 aliphatic carbocycles. The van der Waals surface area contributed by atoms with Gasteiger partial charge in [0.25, 0.3) is 5.22 Å². The molecule has 0 saturated carbocycles. The third kappa shape index (κ3) is 4.67. The van der Waals surface area contributed by atoms with Crippen molar-refractivity contribution < 1.29 is 18.7 Å². The van der Waals surface area contributed by atoms with Crippen molar-refractivity contribution in [2.45, 2.75) is 31.5 Å². The van der Waals surface area contributed by atoms with Crippen LogP contribution in [0.4, 0.5) is 0 Å². The SMILES string of the molecule is CC(C)C(NC(=O)CSc1nc2ccccc2o1)c1ccc2c(c1)OCCCO2. The van der Waals surface area contributed by atoms with Gasteiger partial charge in [0.15, 0.2) is 17.1 Å². The predicted octanol–water partition coefficient (Wildman–Crippen LogP) is 4.59. The van der Waals surface area contributed by atoms with Crippen LogP contribution in [0.5, 0.6) is 11.5 Å². The molecule has 1 aliphatic heterocycles. The van der Waals surface area contributed by atoms with Crippen LogP contribution in [0.15, 0.2) is 52.1 Å². The van der Waals surface area contributed by atoms with E-state index in [0.717, 1.165) is 34.6 Å². The number of fused-ring (bicyclic) bond motifs is 2. The molecule has 29 heavy (non-hydrogen) atoms. The highest BCUT2D eigenvalue weighted by Crippen LogP contribution is 2.34. The molecule has 0 saturated heterocycles. The number of nitrogens with zero attached hydrogens (tertiary/aromatic N) is 1. The molecular weight excluding hydrogens is 388 g/mol. The summed E-state index contributed by atoms with van der Waals surface area (Å²) in [5, 5.41) is 3.63. The van der Waals surface area contributed by atoms with Crippen molar-refractivity contribution >= 4 is 28.8 Å². The molecule has 1 N–H and O–H groups in total. The number of amides is 1. The number of aromatic nitrogens is 1. The molecule has 1 aromatic heterocycles. The molecule has 6 nitrogen and oxygen atoms in total. The van der Waals surface area contributed by atoms with Crippen molar-refractivity contribution in [3.63, 3.8) is 0 Å². The Morgan fingerprint density at radius 2 is 1.93 bits per heavy atom. The van der Waals surface area contributed by atoms with Crippen LogP contribution >= 0.6 is 11.8 Å². The maximum absolute atomic E-state index is 12.6. The fraction of sp³-hybridized carbons (Fsp3) is 0.364. The molecule has 3 aromatic rings. The lowest BCUT2D eigenvalue weighted by atomic mass is 9.95. The van der Waals surface area contributed by atoms with Crippen molar-refractivity contribution in [2.75, 3.05) is 19.0 Å². The van der Waals surface area contributed by atoms with Gasteiger partial charge in [-0.2, -0.15) is 0 Å². The van der Waals surface area contributed by atoms with Gasteiger partial charge in [-0.25, -0.2) is 4.98 Å².